The summed E-state index contributed by atoms with van der Waals surface area (Å²) >= 11 is 0. The van der Waals surface area contributed by atoms with Gasteiger partial charge in [-0.05, 0) is 44.0 Å². The van der Waals surface area contributed by atoms with Crippen LogP contribution in [0.4, 0.5) is 5.69 Å². The molecule has 1 unspecified atom stereocenters. The molecule has 1 aliphatic rings. The lowest BCUT2D eigenvalue weighted by atomic mass is 10.1. The van der Waals surface area contributed by atoms with Crippen LogP contribution in [-0.2, 0) is 11.3 Å². The number of imidazole rings is 1. The third-order valence-corrected chi connectivity index (χ3v) is 5.31. The second-order valence-electron chi connectivity index (χ2n) is 7.65. The van der Waals surface area contributed by atoms with Crippen molar-refractivity contribution >= 4 is 22.6 Å². The van der Waals surface area contributed by atoms with Crippen LogP contribution in [0.3, 0.4) is 0 Å². The van der Waals surface area contributed by atoms with E-state index in [1.165, 1.54) is 0 Å². The van der Waals surface area contributed by atoms with E-state index in [1.54, 1.807) is 0 Å². The number of hydrogen-bond acceptors (Lipinski definition) is 2. The topological polar surface area (TPSA) is 38.1 Å². The Morgan fingerprint density at radius 3 is 2.56 bits per heavy atom. The van der Waals surface area contributed by atoms with Crippen molar-refractivity contribution in [2.75, 3.05) is 11.4 Å². The largest absolute Gasteiger partial charge is 0.324 e. The van der Waals surface area contributed by atoms with Gasteiger partial charge in [0.1, 0.15) is 5.82 Å². The molecule has 1 aliphatic heterocycles. The minimum absolute atomic E-state index is 0.0863. The monoisotopic (exact) mass is 359 g/mol. The molecular formula is C23H25N3O. The second-order valence-corrected chi connectivity index (χ2v) is 7.65. The zero-order valence-corrected chi connectivity index (χ0v) is 16.2. The maximum absolute atomic E-state index is 12.9. The van der Waals surface area contributed by atoms with Crippen molar-refractivity contribution in [3.8, 4) is 0 Å². The van der Waals surface area contributed by atoms with Gasteiger partial charge in [0, 0.05) is 31.1 Å². The normalized spacial score (nSPS) is 17.1. The summed E-state index contributed by atoms with van der Waals surface area (Å²) < 4.78 is 2.23. The summed E-state index contributed by atoms with van der Waals surface area (Å²) in [6, 6.07) is 14.3. The maximum Gasteiger partial charge on any atom is 0.227 e. The molecule has 3 aromatic rings. The molecule has 0 N–H and O–H groups in total. The summed E-state index contributed by atoms with van der Waals surface area (Å²) in [7, 11) is 0. The molecule has 4 heteroatoms. The summed E-state index contributed by atoms with van der Waals surface area (Å²) in [5, 5.41) is 0. The van der Waals surface area contributed by atoms with Crippen LogP contribution in [0.15, 0.2) is 54.6 Å². The highest BCUT2D eigenvalue weighted by atomic mass is 16.2. The van der Waals surface area contributed by atoms with Crippen LogP contribution in [0, 0.1) is 13.8 Å². The zero-order valence-electron chi connectivity index (χ0n) is 16.2. The molecule has 1 aromatic heterocycles. The van der Waals surface area contributed by atoms with Crippen LogP contribution in [0.25, 0.3) is 11.0 Å². The van der Waals surface area contributed by atoms with Crippen LogP contribution in [0.1, 0.15) is 36.2 Å². The highest BCUT2D eigenvalue weighted by Gasteiger charge is 2.35. The number of benzene rings is 2. The van der Waals surface area contributed by atoms with Crippen LogP contribution in [0.2, 0.25) is 0 Å². The molecule has 4 nitrogen and oxygen atoms in total. The number of nitrogens with zero attached hydrogens (tertiary/aromatic N) is 3. The molecule has 0 bridgehead atoms. The lowest BCUT2D eigenvalue weighted by Crippen LogP contribution is -2.26. The zero-order chi connectivity index (χ0) is 19.1. The number of allylic oxidation sites excluding steroid dienone is 1. The van der Waals surface area contributed by atoms with Crippen molar-refractivity contribution < 1.29 is 4.79 Å². The molecule has 27 heavy (non-hydrogen) atoms. The molecule has 0 spiro atoms. The Balaban J connectivity index is 1.75. The molecule has 2 heterocycles. The van der Waals surface area contributed by atoms with Crippen molar-refractivity contribution in [2.24, 2.45) is 0 Å². The molecule has 2 aromatic carbocycles. The Morgan fingerprint density at radius 1 is 1.15 bits per heavy atom. The first-order valence-electron chi connectivity index (χ1n) is 9.42. The van der Waals surface area contributed by atoms with E-state index in [-0.39, 0.29) is 11.8 Å². The predicted octanol–water partition coefficient (Wildman–Crippen LogP) is 4.75. The van der Waals surface area contributed by atoms with Crippen LogP contribution >= 0.6 is 0 Å². The quantitative estimate of drug-likeness (QED) is 0.631. The third-order valence-electron chi connectivity index (χ3n) is 5.31. The molecule has 138 valence electrons. The molecule has 0 radical (unpaired) electrons. The number of hydrogen-bond donors (Lipinski definition) is 0. The SMILES string of the molecule is C=C(C)Cn1c(C2CC(=O)N(c3c(C)cccc3C)C2)nc2ccccc21. The van der Waals surface area contributed by atoms with Crippen molar-refractivity contribution in [1.82, 2.24) is 9.55 Å². The van der Waals surface area contributed by atoms with E-state index in [9.17, 15) is 4.79 Å². The number of carbonyl (C=O) groups excluding carboxylic acids is 1. The van der Waals surface area contributed by atoms with E-state index in [0.717, 1.165) is 45.8 Å². The van der Waals surface area contributed by atoms with Gasteiger partial charge in [-0.25, -0.2) is 4.98 Å². The first kappa shape index (κ1) is 17.5. The highest BCUT2D eigenvalue weighted by Crippen LogP contribution is 2.36. The van der Waals surface area contributed by atoms with Gasteiger partial charge in [0.2, 0.25) is 5.91 Å². The summed E-state index contributed by atoms with van der Waals surface area (Å²) in [5.41, 5.74) is 6.49. The van der Waals surface area contributed by atoms with Crippen LogP contribution in [0.5, 0.6) is 0 Å². The van der Waals surface area contributed by atoms with Gasteiger partial charge in [-0.1, -0.05) is 42.5 Å². The summed E-state index contributed by atoms with van der Waals surface area (Å²) in [6.45, 7) is 11.6. The summed E-state index contributed by atoms with van der Waals surface area (Å²) in [6.07, 6.45) is 0.493. The van der Waals surface area contributed by atoms with Gasteiger partial charge < -0.3 is 9.47 Å². The van der Waals surface area contributed by atoms with Crippen LogP contribution in [-0.4, -0.2) is 22.0 Å². The molecule has 1 saturated heterocycles. The number of fused-ring (bicyclic) bond motifs is 1. The number of aryl methyl sites for hydroxylation is 2. The molecule has 1 atom stereocenters. The number of amides is 1. The number of carbonyl (C=O) groups is 1. The fourth-order valence-electron chi connectivity index (χ4n) is 4.17. The average Bonchev–Trinajstić information content (AvgIpc) is 3.16. The van der Waals surface area contributed by atoms with Gasteiger partial charge in [0.25, 0.3) is 0 Å². The maximum atomic E-state index is 12.9. The second kappa shape index (κ2) is 6.69. The van der Waals surface area contributed by atoms with E-state index >= 15 is 0 Å². The van der Waals surface area contributed by atoms with Crippen molar-refractivity contribution in [3.63, 3.8) is 0 Å². The van der Waals surface area contributed by atoms with Crippen LogP contribution < -0.4 is 4.90 Å². The molecule has 1 amide bonds. The molecule has 0 saturated carbocycles. The number of para-hydroxylation sites is 3. The van der Waals surface area contributed by atoms with E-state index in [2.05, 4.69) is 43.2 Å². The van der Waals surface area contributed by atoms with Gasteiger partial charge in [-0.15, -0.1) is 0 Å². The van der Waals surface area contributed by atoms with Gasteiger partial charge in [0.15, 0.2) is 0 Å². The van der Waals surface area contributed by atoms with Gasteiger partial charge in [0.05, 0.1) is 11.0 Å². The number of aromatic nitrogens is 2. The average molecular weight is 359 g/mol. The molecule has 1 fully saturated rings. The van der Waals surface area contributed by atoms with E-state index < -0.39 is 0 Å². The minimum atomic E-state index is 0.0863. The third kappa shape index (κ3) is 3.05. The Bertz CT molecular complexity index is 1030. The number of anilines is 1. The van der Waals surface area contributed by atoms with Gasteiger partial charge in [-0.3, -0.25) is 4.79 Å². The molecular weight excluding hydrogens is 334 g/mol. The van der Waals surface area contributed by atoms with E-state index in [1.807, 2.05) is 36.1 Å². The van der Waals surface area contributed by atoms with Gasteiger partial charge >= 0.3 is 0 Å². The summed E-state index contributed by atoms with van der Waals surface area (Å²) in [4.78, 5) is 19.7. The highest BCUT2D eigenvalue weighted by molar-refractivity contribution is 5.98. The first-order valence-corrected chi connectivity index (χ1v) is 9.42. The Hall–Kier alpha value is -2.88. The van der Waals surface area contributed by atoms with Gasteiger partial charge in [-0.2, -0.15) is 0 Å². The van der Waals surface area contributed by atoms with Crippen molar-refractivity contribution in [2.45, 2.75) is 39.7 Å². The van der Waals surface area contributed by atoms with E-state index in [4.69, 9.17) is 4.98 Å². The first-order chi connectivity index (χ1) is 13.0. The fourth-order valence-corrected chi connectivity index (χ4v) is 4.17. The standard InChI is InChI=1S/C23H25N3O/c1-15(2)13-25-20-11-6-5-10-19(20)24-23(25)18-12-21(27)26(14-18)22-16(3)8-7-9-17(22)4/h5-11,18H,1,12-14H2,2-4H3. The fraction of sp³-hybridized carbons (Fsp3) is 0.304. The Kier molecular flexibility index (Phi) is 4.34. The smallest absolute Gasteiger partial charge is 0.227 e. The molecule has 0 aliphatic carbocycles. The number of rotatable bonds is 4. The Labute approximate surface area is 160 Å². The summed E-state index contributed by atoms with van der Waals surface area (Å²) in [5.74, 6) is 1.25. The lowest BCUT2D eigenvalue weighted by molar-refractivity contribution is -0.117. The molecule has 4 rings (SSSR count). The Morgan fingerprint density at radius 2 is 1.85 bits per heavy atom. The predicted molar refractivity (Wildman–Crippen MR) is 110 cm³/mol. The minimum Gasteiger partial charge on any atom is -0.324 e. The van der Waals surface area contributed by atoms with E-state index in [0.29, 0.717) is 13.0 Å². The van der Waals surface area contributed by atoms with Crippen molar-refractivity contribution in [3.05, 3.63) is 71.6 Å². The van der Waals surface area contributed by atoms with Crippen molar-refractivity contribution in [1.29, 1.82) is 0 Å². The lowest BCUT2D eigenvalue weighted by Gasteiger charge is -2.21.